The Kier molecular flexibility index (Phi) is 6.82. The molecule has 0 atom stereocenters. The van der Waals surface area contributed by atoms with Crippen LogP contribution in [-0.2, 0) is 4.79 Å². The molecule has 2 aromatic carbocycles. The molecule has 0 aliphatic carbocycles. The summed E-state index contributed by atoms with van der Waals surface area (Å²) >= 11 is 4.58. The van der Waals surface area contributed by atoms with Gasteiger partial charge in [0.15, 0.2) is 16.7 Å². The molecule has 0 radical (unpaired) electrons. The highest BCUT2D eigenvalue weighted by Crippen LogP contribution is 2.38. The van der Waals surface area contributed by atoms with Crippen LogP contribution in [0.2, 0.25) is 0 Å². The normalized spacial score (nSPS) is 15.7. The number of thioether (sulfide) groups is 1. The number of hydrogen-bond donors (Lipinski definition) is 2. The number of nitrogens with one attached hydrogen (secondary N) is 1. The molecule has 0 unspecified atom stereocenters. The number of carboxylic acids is 1. The fraction of sp³-hybridized carbons (Fsp3) is 0.0952. The van der Waals surface area contributed by atoms with Crippen molar-refractivity contribution in [1.29, 1.82) is 0 Å². The minimum Gasteiger partial charge on any atom is -0.493 e. The largest absolute Gasteiger partial charge is 0.493 e. The summed E-state index contributed by atoms with van der Waals surface area (Å²) < 4.78 is 11.5. The Bertz CT molecular complexity index is 1120. The third kappa shape index (κ3) is 5.03. The van der Waals surface area contributed by atoms with E-state index in [-0.39, 0.29) is 18.1 Å². The first-order valence-corrected chi connectivity index (χ1v) is 10.1. The highest BCUT2D eigenvalue weighted by Gasteiger charge is 2.24. The lowest BCUT2D eigenvalue weighted by atomic mass is 10.2. The summed E-state index contributed by atoms with van der Waals surface area (Å²) in [7, 11) is 1.51. The van der Waals surface area contributed by atoms with Gasteiger partial charge in [-0.15, -0.1) is 6.42 Å². The second kappa shape index (κ2) is 9.52. The van der Waals surface area contributed by atoms with Gasteiger partial charge in [-0.2, -0.15) is 0 Å². The van der Waals surface area contributed by atoms with Crippen LogP contribution >= 0.6 is 27.7 Å². The Morgan fingerprint density at radius 2 is 2.20 bits per heavy atom. The summed E-state index contributed by atoms with van der Waals surface area (Å²) in [4.78, 5) is 28.2. The van der Waals surface area contributed by atoms with E-state index in [2.05, 4.69) is 32.2 Å². The predicted molar refractivity (Wildman–Crippen MR) is 119 cm³/mol. The van der Waals surface area contributed by atoms with Gasteiger partial charge in [0.1, 0.15) is 6.61 Å². The maximum Gasteiger partial charge on any atom is 0.335 e. The van der Waals surface area contributed by atoms with Crippen molar-refractivity contribution < 1.29 is 24.2 Å². The standard InChI is InChI=1S/C21H15BrN2O5S/c1-3-7-29-18-15(22)8-12(9-16(18)28-2)10-17-19(25)24-21(30-17)23-14-6-4-5-13(11-14)20(26)27/h1,4-6,8-11H,7H2,2H3,(H,26,27)(H,23,24,25)/b17-10-. The number of amidine groups is 1. The molecular formula is C21H15BrN2O5S. The van der Waals surface area contributed by atoms with Crippen LogP contribution in [0.3, 0.4) is 0 Å². The SMILES string of the molecule is C#CCOc1c(Br)cc(/C=C2\SC(=Nc3cccc(C(=O)O)c3)NC2=O)cc1OC. The Morgan fingerprint density at radius 1 is 1.40 bits per heavy atom. The van der Waals surface area contributed by atoms with E-state index in [1.165, 1.54) is 19.2 Å². The third-order valence-corrected chi connectivity index (χ3v) is 5.32. The lowest BCUT2D eigenvalue weighted by Crippen LogP contribution is -2.19. The van der Waals surface area contributed by atoms with Crippen LogP contribution in [0.25, 0.3) is 6.08 Å². The number of aliphatic imine (C=N–C) groups is 1. The van der Waals surface area contributed by atoms with E-state index in [0.29, 0.717) is 37.3 Å². The zero-order valence-electron chi connectivity index (χ0n) is 15.6. The lowest BCUT2D eigenvalue weighted by Gasteiger charge is -2.12. The van der Waals surface area contributed by atoms with Gasteiger partial charge in [0.25, 0.3) is 5.91 Å². The average molecular weight is 487 g/mol. The van der Waals surface area contributed by atoms with E-state index in [9.17, 15) is 9.59 Å². The number of benzene rings is 2. The van der Waals surface area contributed by atoms with E-state index >= 15 is 0 Å². The van der Waals surface area contributed by atoms with Gasteiger partial charge in [0, 0.05) is 0 Å². The predicted octanol–water partition coefficient (Wildman–Crippen LogP) is 4.06. The molecule has 1 aliphatic heterocycles. The number of carbonyl (C=O) groups excluding carboxylic acids is 1. The summed E-state index contributed by atoms with van der Waals surface area (Å²) in [5.41, 5.74) is 1.25. The van der Waals surface area contributed by atoms with Crippen molar-refractivity contribution in [2.45, 2.75) is 0 Å². The molecule has 1 heterocycles. The Labute approximate surface area is 185 Å². The fourth-order valence-electron chi connectivity index (χ4n) is 2.53. The smallest absolute Gasteiger partial charge is 0.335 e. The number of aromatic carboxylic acids is 1. The van der Waals surface area contributed by atoms with Gasteiger partial charge >= 0.3 is 5.97 Å². The van der Waals surface area contributed by atoms with E-state index < -0.39 is 5.97 Å². The van der Waals surface area contributed by atoms with Gasteiger partial charge in [0.05, 0.1) is 27.7 Å². The maximum atomic E-state index is 12.3. The number of terminal acetylenes is 1. The average Bonchev–Trinajstić information content (AvgIpc) is 3.05. The molecule has 0 saturated carbocycles. The van der Waals surface area contributed by atoms with E-state index in [1.807, 2.05) is 0 Å². The van der Waals surface area contributed by atoms with E-state index in [0.717, 1.165) is 11.8 Å². The summed E-state index contributed by atoms with van der Waals surface area (Å²) in [6, 6.07) is 9.66. The molecule has 3 rings (SSSR count). The molecular weight excluding hydrogens is 472 g/mol. The van der Waals surface area contributed by atoms with Gasteiger partial charge in [-0.05, 0) is 69.7 Å². The molecule has 9 heteroatoms. The van der Waals surface area contributed by atoms with Crippen LogP contribution in [0.15, 0.2) is 50.8 Å². The molecule has 7 nitrogen and oxygen atoms in total. The number of nitrogens with zero attached hydrogens (tertiary/aromatic N) is 1. The molecule has 2 N–H and O–H groups in total. The van der Waals surface area contributed by atoms with Gasteiger partial charge in [-0.25, -0.2) is 9.79 Å². The quantitative estimate of drug-likeness (QED) is 0.471. The first-order valence-electron chi connectivity index (χ1n) is 8.48. The molecule has 30 heavy (non-hydrogen) atoms. The van der Waals surface area contributed by atoms with Crippen molar-refractivity contribution >= 4 is 56.5 Å². The van der Waals surface area contributed by atoms with E-state index in [1.54, 1.807) is 30.3 Å². The van der Waals surface area contributed by atoms with Gasteiger partial charge in [0.2, 0.25) is 0 Å². The minimum absolute atomic E-state index is 0.0938. The number of methoxy groups -OCH3 is 1. The first kappa shape index (κ1) is 21.5. The summed E-state index contributed by atoms with van der Waals surface area (Å²) in [5, 5.41) is 12.1. The van der Waals surface area contributed by atoms with Crippen LogP contribution in [0.5, 0.6) is 11.5 Å². The number of carbonyl (C=O) groups is 2. The molecule has 0 aromatic heterocycles. The highest BCUT2D eigenvalue weighted by atomic mass is 79.9. The zero-order valence-corrected chi connectivity index (χ0v) is 18.0. The second-order valence-electron chi connectivity index (χ2n) is 5.86. The topological polar surface area (TPSA) is 97.2 Å². The van der Waals surface area contributed by atoms with Gasteiger partial charge < -0.3 is 19.9 Å². The number of rotatable bonds is 6. The van der Waals surface area contributed by atoms with Crippen molar-refractivity contribution in [1.82, 2.24) is 5.32 Å². The molecule has 2 aromatic rings. The van der Waals surface area contributed by atoms with Crippen molar-refractivity contribution in [3.8, 4) is 23.8 Å². The van der Waals surface area contributed by atoms with Gasteiger partial charge in [-0.1, -0.05) is 12.0 Å². The number of carboxylic acid groups (broad SMARTS) is 1. The highest BCUT2D eigenvalue weighted by molar-refractivity contribution is 9.10. The Balaban J connectivity index is 1.86. The molecule has 1 saturated heterocycles. The molecule has 0 bridgehead atoms. The molecule has 1 amide bonds. The summed E-state index contributed by atoms with van der Waals surface area (Å²) in [6.07, 6.45) is 6.92. The molecule has 1 aliphatic rings. The van der Waals surface area contributed by atoms with Gasteiger partial charge in [-0.3, -0.25) is 4.79 Å². The molecule has 1 fully saturated rings. The van der Waals surface area contributed by atoms with Crippen molar-refractivity contribution in [3.05, 3.63) is 56.9 Å². The first-order chi connectivity index (χ1) is 14.4. The molecule has 152 valence electrons. The second-order valence-corrected chi connectivity index (χ2v) is 7.75. The number of halogens is 1. The van der Waals surface area contributed by atoms with Crippen LogP contribution in [0, 0.1) is 12.3 Å². The molecule has 0 spiro atoms. The van der Waals surface area contributed by atoms with Crippen molar-refractivity contribution in [3.63, 3.8) is 0 Å². The van der Waals surface area contributed by atoms with Crippen molar-refractivity contribution in [2.75, 3.05) is 13.7 Å². The van der Waals surface area contributed by atoms with Crippen LogP contribution in [0.1, 0.15) is 15.9 Å². The Hall–Kier alpha value is -3.22. The number of hydrogen-bond acceptors (Lipinski definition) is 6. The lowest BCUT2D eigenvalue weighted by molar-refractivity contribution is -0.115. The summed E-state index contributed by atoms with van der Waals surface area (Å²) in [5.74, 6) is 1.98. The number of ether oxygens (including phenoxy) is 2. The summed E-state index contributed by atoms with van der Waals surface area (Å²) in [6.45, 7) is 0.0938. The van der Waals surface area contributed by atoms with Crippen LogP contribution in [-0.4, -0.2) is 35.9 Å². The number of amides is 1. The monoisotopic (exact) mass is 486 g/mol. The Morgan fingerprint density at radius 3 is 2.90 bits per heavy atom. The van der Waals surface area contributed by atoms with Crippen LogP contribution in [0.4, 0.5) is 5.69 Å². The van der Waals surface area contributed by atoms with E-state index in [4.69, 9.17) is 21.0 Å². The minimum atomic E-state index is -1.05. The fourth-order valence-corrected chi connectivity index (χ4v) is 3.95. The van der Waals surface area contributed by atoms with Crippen LogP contribution < -0.4 is 14.8 Å². The maximum absolute atomic E-state index is 12.3. The van der Waals surface area contributed by atoms with Crippen molar-refractivity contribution in [2.24, 2.45) is 4.99 Å². The third-order valence-electron chi connectivity index (χ3n) is 3.82. The zero-order chi connectivity index (χ0) is 21.7.